The Morgan fingerprint density at radius 2 is 2.07 bits per heavy atom. The predicted molar refractivity (Wildman–Crippen MR) is 91.6 cm³/mol. The lowest BCUT2D eigenvalue weighted by Gasteiger charge is -2.10. The zero-order valence-corrected chi connectivity index (χ0v) is 14.7. The molecule has 0 atom stereocenters. The molecule has 0 aliphatic rings. The van der Waals surface area contributed by atoms with E-state index < -0.39 is 11.7 Å². The molecule has 10 heteroatoms. The third-order valence-corrected chi connectivity index (χ3v) is 3.12. The molecule has 2 rings (SSSR count). The van der Waals surface area contributed by atoms with E-state index in [-0.39, 0.29) is 29.1 Å². The lowest BCUT2D eigenvalue weighted by atomic mass is 10.1. The molecule has 1 heterocycles. The van der Waals surface area contributed by atoms with Gasteiger partial charge < -0.3 is 9.47 Å². The molecule has 0 bridgehead atoms. The zero-order valence-electron chi connectivity index (χ0n) is 14.7. The molecule has 0 N–H and O–H groups in total. The van der Waals surface area contributed by atoms with Gasteiger partial charge in [-0.25, -0.2) is 9.67 Å². The van der Waals surface area contributed by atoms with E-state index in [4.69, 9.17) is 14.7 Å². The van der Waals surface area contributed by atoms with E-state index in [1.165, 1.54) is 36.5 Å². The molecular formula is C17H16F3N5O2. The van der Waals surface area contributed by atoms with Crippen molar-refractivity contribution in [1.29, 1.82) is 5.26 Å². The van der Waals surface area contributed by atoms with Gasteiger partial charge in [0.05, 0.1) is 18.8 Å². The average Bonchev–Trinajstić information content (AvgIpc) is 3.07. The van der Waals surface area contributed by atoms with Crippen LogP contribution in [0.4, 0.5) is 13.2 Å². The van der Waals surface area contributed by atoms with Crippen molar-refractivity contribution in [2.45, 2.75) is 26.1 Å². The second kappa shape index (κ2) is 8.35. The van der Waals surface area contributed by atoms with Crippen molar-refractivity contribution in [2.75, 3.05) is 7.11 Å². The number of ether oxygens (including phenoxy) is 2. The Kier molecular flexibility index (Phi) is 6.18. The van der Waals surface area contributed by atoms with Gasteiger partial charge >= 0.3 is 6.18 Å². The molecule has 0 saturated heterocycles. The van der Waals surface area contributed by atoms with Crippen molar-refractivity contribution in [1.82, 2.24) is 14.8 Å². The number of halogens is 3. The fraction of sp³-hybridized carbons (Fsp3) is 0.294. The first-order valence-electron chi connectivity index (χ1n) is 7.72. The van der Waals surface area contributed by atoms with E-state index in [1.807, 2.05) is 0 Å². The van der Waals surface area contributed by atoms with Gasteiger partial charge in [-0.1, -0.05) is 0 Å². The number of aliphatic imine (C=N–C) groups is 1. The largest absolute Gasteiger partial charge is 0.497 e. The summed E-state index contributed by atoms with van der Waals surface area (Å²) in [7, 11) is 1.28. The Morgan fingerprint density at radius 1 is 1.33 bits per heavy atom. The Hall–Kier alpha value is -3.35. The summed E-state index contributed by atoms with van der Waals surface area (Å²) in [6.45, 7) is 3.55. The fourth-order valence-corrected chi connectivity index (χ4v) is 2.02. The highest BCUT2D eigenvalue weighted by molar-refractivity contribution is 5.90. The van der Waals surface area contributed by atoms with Crippen molar-refractivity contribution in [3.05, 3.63) is 36.2 Å². The molecule has 0 spiro atoms. The van der Waals surface area contributed by atoms with Crippen LogP contribution in [-0.4, -0.2) is 33.9 Å². The molecule has 0 fully saturated rings. The highest BCUT2D eigenvalue weighted by Gasteiger charge is 2.31. The number of nitrogens with zero attached hydrogens (tertiary/aromatic N) is 5. The maximum absolute atomic E-state index is 13.0. The van der Waals surface area contributed by atoms with Crippen molar-refractivity contribution < 1.29 is 22.6 Å². The average molecular weight is 379 g/mol. The fourth-order valence-electron chi connectivity index (χ4n) is 2.02. The minimum Gasteiger partial charge on any atom is -0.497 e. The third kappa shape index (κ3) is 5.57. The summed E-state index contributed by atoms with van der Waals surface area (Å²) in [5.74, 6) is 0.193. The van der Waals surface area contributed by atoms with Crippen LogP contribution in [-0.2, 0) is 10.9 Å². The van der Waals surface area contributed by atoms with Gasteiger partial charge in [0.2, 0.25) is 12.1 Å². The standard InChI is InChI=1S/C17H16F3N5O2/c1-11(2)27-15(22-9-21)4-5-25-10-23-16(24-25)12-6-13(17(18,19)20)8-14(7-12)26-3/h4-8,10-11H,1-3H3/b5-4-,22-15?. The molecule has 2 aromatic rings. The van der Waals surface area contributed by atoms with E-state index in [9.17, 15) is 13.2 Å². The predicted octanol–water partition coefficient (Wildman–Crippen LogP) is 3.75. The third-order valence-electron chi connectivity index (χ3n) is 3.12. The van der Waals surface area contributed by atoms with E-state index >= 15 is 0 Å². The second-order valence-electron chi connectivity index (χ2n) is 5.53. The molecular weight excluding hydrogens is 363 g/mol. The molecule has 0 amide bonds. The van der Waals surface area contributed by atoms with Gasteiger partial charge in [-0.3, -0.25) is 0 Å². The Morgan fingerprint density at radius 3 is 2.67 bits per heavy atom. The van der Waals surface area contributed by atoms with Gasteiger partial charge in [-0.05, 0) is 32.0 Å². The summed E-state index contributed by atoms with van der Waals surface area (Å²) in [6, 6.07) is 3.24. The van der Waals surface area contributed by atoms with Crippen molar-refractivity contribution in [3.63, 3.8) is 0 Å². The van der Waals surface area contributed by atoms with Gasteiger partial charge in [-0.2, -0.15) is 18.4 Å². The van der Waals surface area contributed by atoms with Crippen LogP contribution in [0, 0.1) is 11.5 Å². The quantitative estimate of drug-likeness (QED) is 0.449. The van der Waals surface area contributed by atoms with Crippen LogP contribution >= 0.6 is 0 Å². The molecule has 7 nitrogen and oxygen atoms in total. The summed E-state index contributed by atoms with van der Waals surface area (Å²) in [5, 5.41) is 12.7. The first kappa shape index (κ1) is 20.0. The zero-order chi connectivity index (χ0) is 20.0. The van der Waals surface area contributed by atoms with Gasteiger partial charge in [0.15, 0.2) is 5.82 Å². The molecule has 142 valence electrons. The Labute approximate surface area is 153 Å². The Balaban J connectivity index is 2.31. The van der Waals surface area contributed by atoms with E-state index in [2.05, 4.69) is 15.1 Å². The molecule has 0 aliphatic carbocycles. The summed E-state index contributed by atoms with van der Waals surface area (Å²) >= 11 is 0. The van der Waals surface area contributed by atoms with Crippen LogP contribution in [0.2, 0.25) is 0 Å². The van der Waals surface area contributed by atoms with Gasteiger partial charge in [0.1, 0.15) is 12.1 Å². The van der Waals surface area contributed by atoms with Crippen molar-refractivity contribution in [2.24, 2.45) is 4.99 Å². The van der Waals surface area contributed by atoms with Gasteiger partial charge in [0.25, 0.3) is 0 Å². The number of methoxy groups -OCH3 is 1. The number of benzene rings is 1. The van der Waals surface area contributed by atoms with Crippen molar-refractivity contribution in [3.8, 4) is 23.3 Å². The van der Waals surface area contributed by atoms with Crippen LogP contribution in [0.25, 0.3) is 17.6 Å². The number of rotatable bonds is 5. The Bertz CT molecular complexity index is 895. The number of hydrogen-bond acceptors (Lipinski definition) is 6. The smallest absolute Gasteiger partial charge is 0.416 e. The lowest BCUT2D eigenvalue weighted by Crippen LogP contribution is -2.09. The van der Waals surface area contributed by atoms with E-state index in [1.54, 1.807) is 20.0 Å². The highest BCUT2D eigenvalue weighted by Crippen LogP contribution is 2.34. The number of nitriles is 1. The number of hydrogen-bond donors (Lipinski definition) is 0. The van der Waals surface area contributed by atoms with Crippen molar-refractivity contribution >= 4 is 12.1 Å². The monoisotopic (exact) mass is 379 g/mol. The summed E-state index contributed by atoms with van der Waals surface area (Å²) in [5.41, 5.74) is -0.712. The minimum atomic E-state index is -4.53. The van der Waals surface area contributed by atoms with Crippen LogP contribution in [0.3, 0.4) is 0 Å². The van der Waals surface area contributed by atoms with Crippen LogP contribution in [0.5, 0.6) is 5.75 Å². The highest BCUT2D eigenvalue weighted by atomic mass is 19.4. The number of alkyl halides is 3. The number of aromatic nitrogens is 3. The molecule has 0 saturated carbocycles. The topological polar surface area (TPSA) is 85.3 Å². The first-order chi connectivity index (χ1) is 12.7. The van der Waals surface area contributed by atoms with Gasteiger partial charge in [-0.15, -0.1) is 10.1 Å². The second-order valence-corrected chi connectivity index (χ2v) is 5.53. The first-order valence-corrected chi connectivity index (χ1v) is 7.72. The minimum absolute atomic E-state index is 0.0421. The molecule has 0 aliphatic heterocycles. The lowest BCUT2D eigenvalue weighted by molar-refractivity contribution is -0.137. The van der Waals surface area contributed by atoms with Crippen LogP contribution in [0.1, 0.15) is 19.4 Å². The maximum Gasteiger partial charge on any atom is 0.416 e. The summed E-state index contributed by atoms with van der Waals surface area (Å²) in [6.07, 6.45) is 1.02. The van der Waals surface area contributed by atoms with E-state index in [0.29, 0.717) is 0 Å². The molecule has 27 heavy (non-hydrogen) atoms. The molecule has 0 unspecified atom stereocenters. The molecule has 0 radical (unpaired) electrons. The SMILES string of the molecule is COc1cc(-c2ncn(/C=C\C(=NC#N)OC(C)C)n2)cc(C(F)(F)F)c1. The van der Waals surface area contributed by atoms with Crippen LogP contribution < -0.4 is 4.74 Å². The molecule has 1 aromatic carbocycles. The van der Waals surface area contributed by atoms with Gasteiger partial charge in [0, 0.05) is 17.8 Å². The van der Waals surface area contributed by atoms with E-state index in [0.717, 1.165) is 12.1 Å². The maximum atomic E-state index is 13.0. The molecule has 1 aromatic heterocycles. The summed E-state index contributed by atoms with van der Waals surface area (Å²) < 4.78 is 50.6. The normalized spacial score (nSPS) is 12.4. The summed E-state index contributed by atoms with van der Waals surface area (Å²) in [4.78, 5) is 7.52. The van der Waals surface area contributed by atoms with Crippen LogP contribution in [0.15, 0.2) is 35.6 Å².